The molecule has 4 atom stereocenters. The lowest BCUT2D eigenvalue weighted by molar-refractivity contribution is -0.164. The Labute approximate surface area is 140 Å². The van der Waals surface area contributed by atoms with E-state index in [1.165, 1.54) is 11.1 Å². The molecule has 4 unspecified atom stereocenters. The van der Waals surface area contributed by atoms with E-state index in [2.05, 4.69) is 20.4 Å². The quantitative estimate of drug-likeness (QED) is 0.730. The number of carbonyl (C=O) groups is 1. The topological polar surface area (TPSA) is 57.5 Å². The Kier molecular flexibility index (Phi) is 5.40. The fourth-order valence-corrected chi connectivity index (χ4v) is 5.37. The second kappa shape index (κ2) is 6.80. The van der Waals surface area contributed by atoms with Crippen LogP contribution in [0.5, 0.6) is 0 Å². The molecule has 0 spiro atoms. The van der Waals surface area contributed by atoms with Crippen LogP contribution >= 0.6 is 0 Å². The van der Waals surface area contributed by atoms with Crippen LogP contribution in [-0.4, -0.2) is 22.8 Å². The van der Waals surface area contributed by atoms with Crippen molar-refractivity contribution >= 4 is 5.97 Å². The zero-order chi connectivity index (χ0) is 17.3. The van der Waals surface area contributed by atoms with E-state index in [0.717, 1.165) is 44.9 Å². The molecule has 130 valence electrons. The van der Waals surface area contributed by atoms with Gasteiger partial charge in [0.15, 0.2) is 0 Å². The summed E-state index contributed by atoms with van der Waals surface area (Å²) in [6.45, 7) is 10.7. The summed E-state index contributed by atoms with van der Waals surface area (Å²) < 4.78 is 0. The summed E-state index contributed by atoms with van der Waals surface area (Å²) in [4.78, 5) is 12.0. The van der Waals surface area contributed by atoms with Gasteiger partial charge in [0.2, 0.25) is 0 Å². The van der Waals surface area contributed by atoms with Gasteiger partial charge in [0.25, 0.3) is 0 Å². The lowest BCUT2D eigenvalue weighted by atomic mass is 9.46. The largest absolute Gasteiger partial charge is 0.481 e. The van der Waals surface area contributed by atoms with E-state index in [1.807, 2.05) is 13.0 Å². The number of hydrogen-bond acceptors (Lipinski definition) is 2. The van der Waals surface area contributed by atoms with Crippen LogP contribution in [0, 0.1) is 22.7 Å². The van der Waals surface area contributed by atoms with Gasteiger partial charge in [-0.3, -0.25) is 4.79 Å². The minimum atomic E-state index is -0.629. The first-order valence-electron chi connectivity index (χ1n) is 8.93. The molecule has 3 nitrogen and oxygen atoms in total. The van der Waals surface area contributed by atoms with Crippen molar-refractivity contribution in [2.75, 3.05) is 6.61 Å². The van der Waals surface area contributed by atoms with Crippen molar-refractivity contribution in [1.29, 1.82) is 0 Å². The summed E-state index contributed by atoms with van der Waals surface area (Å²) in [5.74, 6) is -0.00260. The minimum absolute atomic E-state index is 0.0419. The van der Waals surface area contributed by atoms with Crippen LogP contribution in [0.4, 0.5) is 0 Å². The van der Waals surface area contributed by atoms with Gasteiger partial charge in [-0.15, -0.1) is 0 Å². The van der Waals surface area contributed by atoms with E-state index >= 15 is 0 Å². The Hall–Kier alpha value is -1.09. The highest BCUT2D eigenvalue weighted by Crippen LogP contribution is 2.62. The van der Waals surface area contributed by atoms with Gasteiger partial charge >= 0.3 is 5.97 Å². The molecule has 2 aliphatic rings. The maximum atomic E-state index is 12.0. The first-order valence-corrected chi connectivity index (χ1v) is 8.93. The third-order valence-corrected chi connectivity index (χ3v) is 6.78. The second-order valence-electron chi connectivity index (χ2n) is 8.16. The van der Waals surface area contributed by atoms with E-state index in [9.17, 15) is 9.90 Å². The van der Waals surface area contributed by atoms with E-state index in [-0.39, 0.29) is 17.9 Å². The third kappa shape index (κ3) is 3.26. The Bertz CT molecular complexity index is 507. The molecule has 0 aromatic heterocycles. The lowest BCUT2D eigenvalue weighted by Gasteiger charge is -2.57. The number of rotatable bonds is 5. The van der Waals surface area contributed by atoms with Crippen molar-refractivity contribution in [1.82, 2.24) is 0 Å². The molecule has 2 rings (SSSR count). The number of allylic oxidation sites excluding steroid dienone is 2. The average molecular weight is 320 g/mol. The Balaban J connectivity index is 2.26. The van der Waals surface area contributed by atoms with Crippen molar-refractivity contribution in [3.8, 4) is 0 Å². The molecule has 0 heterocycles. The number of hydrogen-bond donors (Lipinski definition) is 2. The highest BCUT2D eigenvalue weighted by Gasteiger charge is 2.57. The summed E-state index contributed by atoms with van der Waals surface area (Å²) in [6.07, 6.45) is 8.65. The number of carboxylic acid groups (broad SMARTS) is 1. The molecular weight excluding hydrogens is 288 g/mol. The van der Waals surface area contributed by atoms with Gasteiger partial charge in [0.05, 0.1) is 12.0 Å². The molecule has 2 N–H and O–H groups in total. The molecule has 0 bridgehead atoms. The van der Waals surface area contributed by atoms with E-state index in [1.54, 1.807) is 0 Å². The summed E-state index contributed by atoms with van der Waals surface area (Å²) in [7, 11) is 0. The fourth-order valence-electron chi connectivity index (χ4n) is 5.37. The van der Waals surface area contributed by atoms with Crippen LogP contribution in [0.25, 0.3) is 0 Å². The fraction of sp³-hybridized carbons (Fsp3) is 0.750. The van der Waals surface area contributed by atoms with Crippen molar-refractivity contribution in [3.05, 3.63) is 23.8 Å². The summed E-state index contributed by atoms with van der Waals surface area (Å²) in [5.41, 5.74) is 1.96. The first kappa shape index (κ1) is 18.3. The van der Waals surface area contributed by atoms with Crippen LogP contribution in [0.15, 0.2) is 23.8 Å². The van der Waals surface area contributed by atoms with E-state index < -0.39 is 11.4 Å². The predicted molar refractivity (Wildman–Crippen MR) is 93.1 cm³/mol. The standard InChI is InChI=1S/C20H32O3/c1-14(10-13-21)6-8-16-15(2)7-9-17-19(16,3)11-5-12-20(17,4)18(22)23/h10,16-17,21H,2,5-9,11-13H2,1,3-4H3,(H,22,23). The summed E-state index contributed by atoms with van der Waals surface area (Å²) >= 11 is 0. The minimum Gasteiger partial charge on any atom is -0.481 e. The van der Waals surface area contributed by atoms with Crippen molar-refractivity contribution in [2.45, 2.75) is 65.7 Å². The lowest BCUT2D eigenvalue weighted by Crippen LogP contribution is -2.53. The van der Waals surface area contributed by atoms with E-state index in [4.69, 9.17) is 5.11 Å². The van der Waals surface area contributed by atoms with Gasteiger partial charge in [-0.05, 0) is 69.6 Å². The molecule has 0 amide bonds. The maximum Gasteiger partial charge on any atom is 0.309 e. The Morgan fingerprint density at radius 2 is 2.09 bits per heavy atom. The van der Waals surface area contributed by atoms with Crippen LogP contribution in [0.1, 0.15) is 65.7 Å². The predicted octanol–water partition coefficient (Wildman–Crippen LogP) is 4.57. The van der Waals surface area contributed by atoms with Gasteiger partial charge in [-0.1, -0.05) is 37.1 Å². The number of fused-ring (bicyclic) bond motifs is 1. The summed E-state index contributed by atoms with van der Waals surface area (Å²) in [5, 5.41) is 18.9. The SMILES string of the molecule is C=C1CCC2C(C)(C(=O)O)CCCC2(C)C1CCC(C)=CCO. The zero-order valence-corrected chi connectivity index (χ0v) is 14.9. The van der Waals surface area contributed by atoms with Crippen LogP contribution < -0.4 is 0 Å². The number of aliphatic hydroxyl groups excluding tert-OH is 1. The number of aliphatic hydroxyl groups is 1. The second-order valence-corrected chi connectivity index (χ2v) is 8.16. The molecule has 2 fully saturated rings. The molecule has 3 heteroatoms. The van der Waals surface area contributed by atoms with Crippen molar-refractivity contribution in [3.63, 3.8) is 0 Å². The first-order chi connectivity index (χ1) is 10.8. The van der Waals surface area contributed by atoms with Crippen LogP contribution in [-0.2, 0) is 4.79 Å². The molecule has 2 aliphatic carbocycles. The molecule has 23 heavy (non-hydrogen) atoms. The van der Waals surface area contributed by atoms with Gasteiger partial charge in [0.1, 0.15) is 0 Å². The monoisotopic (exact) mass is 320 g/mol. The highest BCUT2D eigenvalue weighted by molar-refractivity contribution is 5.75. The molecular formula is C20H32O3. The maximum absolute atomic E-state index is 12.0. The highest BCUT2D eigenvalue weighted by atomic mass is 16.4. The zero-order valence-electron chi connectivity index (χ0n) is 14.9. The Morgan fingerprint density at radius 1 is 1.39 bits per heavy atom. The molecule has 0 aromatic carbocycles. The number of carboxylic acids is 1. The van der Waals surface area contributed by atoms with Crippen molar-refractivity contribution in [2.24, 2.45) is 22.7 Å². The van der Waals surface area contributed by atoms with E-state index in [0.29, 0.717) is 5.92 Å². The smallest absolute Gasteiger partial charge is 0.309 e. The number of aliphatic carboxylic acids is 1. The summed E-state index contributed by atoms with van der Waals surface area (Å²) in [6, 6.07) is 0. The van der Waals surface area contributed by atoms with Gasteiger partial charge in [-0.2, -0.15) is 0 Å². The molecule has 0 aromatic rings. The molecule has 0 radical (unpaired) electrons. The normalized spacial score (nSPS) is 38.3. The molecule has 0 aliphatic heterocycles. The van der Waals surface area contributed by atoms with Gasteiger partial charge < -0.3 is 10.2 Å². The van der Waals surface area contributed by atoms with Crippen LogP contribution in [0.3, 0.4) is 0 Å². The van der Waals surface area contributed by atoms with Crippen molar-refractivity contribution < 1.29 is 15.0 Å². The van der Waals surface area contributed by atoms with Crippen LogP contribution in [0.2, 0.25) is 0 Å². The Morgan fingerprint density at radius 3 is 2.70 bits per heavy atom. The average Bonchev–Trinajstić information content (AvgIpc) is 2.46. The van der Waals surface area contributed by atoms with Gasteiger partial charge in [-0.25, -0.2) is 0 Å². The van der Waals surface area contributed by atoms with Gasteiger partial charge in [0, 0.05) is 0 Å². The molecule has 0 saturated heterocycles. The molecule has 2 saturated carbocycles. The third-order valence-electron chi connectivity index (χ3n) is 6.78.